The highest BCUT2D eigenvalue weighted by atomic mass is 127. The fourth-order valence-electron chi connectivity index (χ4n) is 2.69. The lowest BCUT2D eigenvalue weighted by Crippen LogP contribution is -2.30. The van der Waals surface area contributed by atoms with Crippen molar-refractivity contribution in [3.05, 3.63) is 27.3 Å². The van der Waals surface area contributed by atoms with Gasteiger partial charge in [0, 0.05) is 15.3 Å². The highest BCUT2D eigenvalue weighted by Crippen LogP contribution is 2.31. The molecule has 0 aliphatic heterocycles. The van der Waals surface area contributed by atoms with Gasteiger partial charge in [0.25, 0.3) is 0 Å². The van der Waals surface area contributed by atoms with Crippen LogP contribution < -0.4 is 5.32 Å². The first kappa shape index (κ1) is 13.2. The maximum Gasteiger partial charge on any atom is 0.0372 e. The first-order chi connectivity index (χ1) is 8.06. The molecule has 1 nitrogen and oxygen atoms in total. The van der Waals surface area contributed by atoms with Crippen molar-refractivity contribution in [2.45, 2.75) is 46.1 Å². The molecule has 1 saturated carbocycles. The Morgan fingerprint density at radius 3 is 2.59 bits per heavy atom. The molecule has 0 heterocycles. The third-order valence-electron chi connectivity index (χ3n) is 4.15. The van der Waals surface area contributed by atoms with Gasteiger partial charge in [0.05, 0.1) is 0 Å². The maximum absolute atomic E-state index is 3.72. The zero-order valence-corrected chi connectivity index (χ0v) is 13.1. The largest absolute Gasteiger partial charge is 0.382 e. The molecule has 1 fully saturated rings. The minimum absolute atomic E-state index is 0.667. The highest BCUT2D eigenvalue weighted by Gasteiger charge is 2.24. The predicted octanol–water partition coefficient (Wildman–Crippen LogP) is 4.84. The summed E-state index contributed by atoms with van der Waals surface area (Å²) in [5, 5.41) is 3.72. The van der Waals surface area contributed by atoms with Gasteiger partial charge in [-0.15, -0.1) is 0 Å². The van der Waals surface area contributed by atoms with Gasteiger partial charge in [-0.2, -0.15) is 0 Å². The molecule has 1 aliphatic carbocycles. The summed E-state index contributed by atoms with van der Waals surface area (Å²) in [6, 6.07) is 7.32. The van der Waals surface area contributed by atoms with Crippen molar-refractivity contribution in [2.24, 2.45) is 11.8 Å². The molecule has 3 unspecified atom stereocenters. The number of hydrogen-bond donors (Lipinski definition) is 1. The third-order valence-corrected chi connectivity index (χ3v) is 4.82. The standard InChI is InChI=1S/C15H22IN/c1-10-4-6-14(9-11(10)2)17-15-7-5-13(16)8-12(15)3/h5,7-8,10-11,14,17H,4,6,9H2,1-3H3. The van der Waals surface area contributed by atoms with E-state index >= 15 is 0 Å². The molecule has 94 valence electrons. The Labute approximate surface area is 119 Å². The van der Waals surface area contributed by atoms with Gasteiger partial charge in [-0.3, -0.25) is 0 Å². The molecule has 3 atom stereocenters. The van der Waals surface area contributed by atoms with Crippen molar-refractivity contribution < 1.29 is 0 Å². The van der Waals surface area contributed by atoms with Crippen LogP contribution in [-0.4, -0.2) is 6.04 Å². The molecule has 1 N–H and O–H groups in total. The molecule has 1 aromatic carbocycles. The summed E-state index contributed by atoms with van der Waals surface area (Å²) in [4.78, 5) is 0. The lowest BCUT2D eigenvalue weighted by Gasteiger charge is -2.33. The summed E-state index contributed by atoms with van der Waals surface area (Å²) in [5.74, 6) is 1.75. The van der Waals surface area contributed by atoms with Crippen LogP contribution in [0.3, 0.4) is 0 Å². The minimum atomic E-state index is 0.667. The zero-order valence-electron chi connectivity index (χ0n) is 11.0. The monoisotopic (exact) mass is 343 g/mol. The van der Waals surface area contributed by atoms with E-state index in [2.05, 4.69) is 66.9 Å². The van der Waals surface area contributed by atoms with Gasteiger partial charge >= 0.3 is 0 Å². The smallest absolute Gasteiger partial charge is 0.0372 e. The zero-order chi connectivity index (χ0) is 12.4. The van der Waals surface area contributed by atoms with Crippen LogP contribution in [0.4, 0.5) is 5.69 Å². The number of halogens is 1. The van der Waals surface area contributed by atoms with Gasteiger partial charge in [0.2, 0.25) is 0 Å². The molecular formula is C15H22IN. The fourth-order valence-corrected chi connectivity index (χ4v) is 3.33. The van der Waals surface area contributed by atoms with E-state index in [0.29, 0.717) is 6.04 Å². The van der Waals surface area contributed by atoms with E-state index in [0.717, 1.165) is 11.8 Å². The molecule has 2 heteroatoms. The molecular weight excluding hydrogens is 321 g/mol. The summed E-state index contributed by atoms with van der Waals surface area (Å²) in [6.45, 7) is 6.97. The quantitative estimate of drug-likeness (QED) is 0.758. The second-order valence-corrected chi connectivity index (χ2v) is 6.81. The first-order valence-corrected chi connectivity index (χ1v) is 7.67. The van der Waals surface area contributed by atoms with Gasteiger partial charge in [0.1, 0.15) is 0 Å². The highest BCUT2D eigenvalue weighted by molar-refractivity contribution is 14.1. The average molecular weight is 343 g/mol. The summed E-state index contributed by atoms with van der Waals surface area (Å²) >= 11 is 2.37. The maximum atomic E-state index is 3.72. The van der Waals surface area contributed by atoms with E-state index < -0.39 is 0 Å². The molecule has 2 rings (SSSR count). The topological polar surface area (TPSA) is 12.0 Å². The lowest BCUT2D eigenvalue weighted by molar-refractivity contribution is 0.261. The van der Waals surface area contributed by atoms with Crippen LogP contribution in [-0.2, 0) is 0 Å². The summed E-state index contributed by atoms with van der Waals surface area (Å²) in [6.07, 6.45) is 3.99. The third kappa shape index (κ3) is 3.36. The Morgan fingerprint density at radius 2 is 1.94 bits per heavy atom. The van der Waals surface area contributed by atoms with Crippen molar-refractivity contribution in [3.8, 4) is 0 Å². The van der Waals surface area contributed by atoms with Gasteiger partial charge in [-0.25, -0.2) is 0 Å². The molecule has 0 amide bonds. The van der Waals surface area contributed by atoms with Gasteiger partial charge in [-0.1, -0.05) is 13.8 Å². The number of anilines is 1. The Hall–Kier alpha value is -0.250. The second-order valence-electron chi connectivity index (χ2n) is 5.57. The summed E-state index contributed by atoms with van der Waals surface area (Å²) < 4.78 is 1.32. The number of aryl methyl sites for hydroxylation is 1. The number of rotatable bonds is 2. The second kappa shape index (κ2) is 5.59. The normalized spacial score (nSPS) is 29.1. The van der Waals surface area contributed by atoms with Gasteiger partial charge < -0.3 is 5.32 Å². The molecule has 0 bridgehead atoms. The van der Waals surface area contributed by atoms with E-state index in [9.17, 15) is 0 Å². The van der Waals surface area contributed by atoms with E-state index in [1.54, 1.807) is 0 Å². The van der Waals surface area contributed by atoms with Crippen LogP contribution in [0.1, 0.15) is 38.7 Å². The van der Waals surface area contributed by atoms with Crippen LogP contribution >= 0.6 is 22.6 Å². The van der Waals surface area contributed by atoms with Crippen LogP contribution in [0.5, 0.6) is 0 Å². The van der Waals surface area contributed by atoms with Gasteiger partial charge in [0.15, 0.2) is 0 Å². The van der Waals surface area contributed by atoms with Crippen molar-refractivity contribution in [3.63, 3.8) is 0 Å². The Morgan fingerprint density at radius 1 is 1.18 bits per heavy atom. The van der Waals surface area contributed by atoms with Crippen molar-refractivity contribution in [1.29, 1.82) is 0 Å². The van der Waals surface area contributed by atoms with Crippen LogP contribution in [0.25, 0.3) is 0 Å². The number of hydrogen-bond acceptors (Lipinski definition) is 1. The molecule has 0 spiro atoms. The van der Waals surface area contributed by atoms with Gasteiger partial charge in [-0.05, 0) is 84.4 Å². The van der Waals surface area contributed by atoms with E-state index in [1.165, 1.54) is 34.1 Å². The Bertz CT molecular complexity index is 389. The van der Waals surface area contributed by atoms with E-state index in [4.69, 9.17) is 0 Å². The molecule has 0 radical (unpaired) electrons. The molecule has 1 aliphatic rings. The lowest BCUT2D eigenvalue weighted by atomic mass is 9.79. The van der Waals surface area contributed by atoms with Crippen LogP contribution in [0, 0.1) is 22.3 Å². The predicted molar refractivity (Wildman–Crippen MR) is 83.5 cm³/mol. The first-order valence-electron chi connectivity index (χ1n) is 6.59. The van der Waals surface area contributed by atoms with Crippen molar-refractivity contribution >= 4 is 28.3 Å². The number of nitrogens with one attached hydrogen (secondary N) is 1. The van der Waals surface area contributed by atoms with Crippen molar-refractivity contribution in [1.82, 2.24) is 0 Å². The Kier molecular flexibility index (Phi) is 4.34. The summed E-state index contributed by atoms with van der Waals surface area (Å²) in [7, 11) is 0. The van der Waals surface area contributed by atoms with E-state index in [1.807, 2.05) is 0 Å². The average Bonchev–Trinajstić information content (AvgIpc) is 2.27. The summed E-state index contributed by atoms with van der Waals surface area (Å²) in [5.41, 5.74) is 2.68. The molecule has 0 aromatic heterocycles. The Balaban J connectivity index is 2.01. The van der Waals surface area contributed by atoms with Crippen LogP contribution in [0.15, 0.2) is 18.2 Å². The minimum Gasteiger partial charge on any atom is -0.382 e. The molecule has 17 heavy (non-hydrogen) atoms. The van der Waals surface area contributed by atoms with E-state index in [-0.39, 0.29) is 0 Å². The fraction of sp³-hybridized carbons (Fsp3) is 0.600. The molecule has 1 aromatic rings. The van der Waals surface area contributed by atoms with Crippen LogP contribution in [0.2, 0.25) is 0 Å². The number of benzene rings is 1. The van der Waals surface area contributed by atoms with Crippen molar-refractivity contribution in [2.75, 3.05) is 5.32 Å². The molecule has 0 saturated heterocycles. The SMILES string of the molecule is Cc1cc(I)ccc1NC1CCC(C)C(C)C1.